The van der Waals surface area contributed by atoms with Gasteiger partial charge in [0.05, 0.1) is 21.8 Å². The van der Waals surface area contributed by atoms with Gasteiger partial charge in [-0.15, -0.1) is 11.3 Å². The summed E-state index contributed by atoms with van der Waals surface area (Å²) < 4.78 is 1.11. The minimum absolute atomic E-state index is 0.0144. The van der Waals surface area contributed by atoms with Gasteiger partial charge in [0.1, 0.15) is 0 Å². The number of hydrogen-bond donors (Lipinski definition) is 1. The second-order valence-corrected chi connectivity index (χ2v) is 6.30. The number of hydrogen-bond acceptors (Lipinski definition) is 3. The van der Waals surface area contributed by atoms with E-state index in [9.17, 15) is 0 Å². The lowest BCUT2D eigenvalue weighted by Gasteiger charge is -2.23. The van der Waals surface area contributed by atoms with Crippen molar-refractivity contribution < 1.29 is 0 Å². The average Bonchev–Trinajstić information content (AvgIpc) is 2.60. The topological polar surface area (TPSA) is 35.8 Å². The lowest BCUT2D eigenvalue weighted by Crippen LogP contribution is -2.26. The van der Waals surface area contributed by atoms with Gasteiger partial charge in [-0.05, 0) is 41.0 Å². The van der Waals surface area contributed by atoms with Crippen LogP contribution in [0.4, 0.5) is 0 Å². The molecule has 2 unspecified atom stereocenters. The van der Waals surface area contributed by atoms with Gasteiger partial charge in [0.15, 0.2) is 0 Å². The molecule has 15 heavy (non-hydrogen) atoms. The molecule has 0 aliphatic rings. The van der Waals surface area contributed by atoms with Crippen molar-refractivity contribution in [1.82, 2.24) is 5.32 Å². The van der Waals surface area contributed by atoms with Crippen molar-refractivity contribution in [3.8, 4) is 6.07 Å². The fourth-order valence-corrected chi connectivity index (χ4v) is 3.18. The Hall–Kier alpha value is -0.370. The largest absolute Gasteiger partial charge is 0.311 e. The predicted molar refractivity (Wildman–Crippen MR) is 67.8 cm³/mol. The van der Waals surface area contributed by atoms with Crippen molar-refractivity contribution >= 4 is 27.3 Å². The second kappa shape index (κ2) is 5.64. The van der Waals surface area contributed by atoms with Crippen molar-refractivity contribution in [3.05, 3.63) is 20.8 Å². The molecule has 0 radical (unpaired) electrons. The summed E-state index contributed by atoms with van der Waals surface area (Å²) in [4.78, 5) is 1.21. The average molecular weight is 287 g/mol. The van der Waals surface area contributed by atoms with Gasteiger partial charge in [0.25, 0.3) is 0 Å². The van der Waals surface area contributed by atoms with Gasteiger partial charge in [-0.3, -0.25) is 0 Å². The third-order valence-corrected chi connectivity index (χ3v) is 4.14. The number of nitrogens with one attached hydrogen (secondary N) is 1. The summed E-state index contributed by atoms with van der Waals surface area (Å²) in [7, 11) is 1.91. The molecule has 2 atom stereocenters. The molecule has 1 N–H and O–H groups in total. The number of nitriles is 1. The quantitative estimate of drug-likeness (QED) is 0.919. The molecule has 2 nitrogen and oxygen atoms in total. The van der Waals surface area contributed by atoms with Crippen LogP contribution in [0.25, 0.3) is 0 Å². The maximum absolute atomic E-state index is 9.17. The highest BCUT2D eigenvalue weighted by Gasteiger charge is 2.25. The fraction of sp³-hybridized carbons (Fsp3) is 0.545. The Kier molecular flexibility index (Phi) is 4.78. The Morgan fingerprint density at radius 3 is 2.47 bits per heavy atom. The van der Waals surface area contributed by atoms with Crippen LogP contribution in [0.2, 0.25) is 0 Å². The normalized spacial score (nSPS) is 14.9. The summed E-state index contributed by atoms with van der Waals surface area (Å²) in [6, 6.07) is 6.62. The van der Waals surface area contributed by atoms with Gasteiger partial charge in [-0.1, -0.05) is 13.8 Å². The van der Waals surface area contributed by atoms with Crippen LogP contribution in [-0.2, 0) is 0 Å². The molecular formula is C11H15BrN2S. The van der Waals surface area contributed by atoms with E-state index in [0.29, 0.717) is 5.92 Å². The molecule has 1 rings (SSSR count). The molecule has 0 aliphatic carbocycles. The Morgan fingerprint density at radius 2 is 2.13 bits per heavy atom. The monoisotopic (exact) mass is 286 g/mol. The van der Waals surface area contributed by atoms with Gasteiger partial charge in [0, 0.05) is 4.88 Å². The first-order chi connectivity index (χ1) is 7.10. The van der Waals surface area contributed by atoms with Crippen LogP contribution in [0, 0.1) is 23.2 Å². The zero-order chi connectivity index (χ0) is 11.4. The summed E-state index contributed by atoms with van der Waals surface area (Å²) in [5, 5.41) is 12.4. The standard InChI is InChI=1S/C11H15BrN2S/c1-7(2)8(6-13)11(14-3)9-4-5-10(12)15-9/h4-5,7-8,11,14H,1-3H3. The lowest BCUT2D eigenvalue weighted by atomic mass is 9.89. The van der Waals surface area contributed by atoms with E-state index < -0.39 is 0 Å². The van der Waals surface area contributed by atoms with Crippen LogP contribution in [0.1, 0.15) is 24.8 Å². The van der Waals surface area contributed by atoms with Crippen molar-refractivity contribution in [2.75, 3.05) is 7.05 Å². The van der Waals surface area contributed by atoms with Crippen LogP contribution >= 0.6 is 27.3 Å². The third kappa shape index (κ3) is 3.04. The van der Waals surface area contributed by atoms with Crippen LogP contribution in [0.15, 0.2) is 15.9 Å². The van der Waals surface area contributed by atoms with Crippen molar-refractivity contribution in [1.29, 1.82) is 5.26 Å². The molecule has 0 fully saturated rings. The van der Waals surface area contributed by atoms with Crippen LogP contribution in [0.3, 0.4) is 0 Å². The number of rotatable bonds is 4. The summed E-state index contributed by atoms with van der Waals surface area (Å²) in [5.41, 5.74) is 0. The summed E-state index contributed by atoms with van der Waals surface area (Å²) in [6.45, 7) is 4.17. The van der Waals surface area contributed by atoms with E-state index in [0.717, 1.165) is 3.79 Å². The predicted octanol–water partition coefficient (Wildman–Crippen LogP) is 3.57. The van der Waals surface area contributed by atoms with Crippen molar-refractivity contribution in [2.45, 2.75) is 19.9 Å². The van der Waals surface area contributed by atoms with Gasteiger partial charge < -0.3 is 5.32 Å². The lowest BCUT2D eigenvalue weighted by molar-refractivity contribution is 0.367. The van der Waals surface area contributed by atoms with Gasteiger partial charge in [-0.25, -0.2) is 0 Å². The summed E-state index contributed by atoms with van der Waals surface area (Å²) >= 11 is 5.13. The molecule has 0 aromatic carbocycles. The Labute approximate surface area is 103 Å². The van der Waals surface area contributed by atoms with Crippen LogP contribution < -0.4 is 5.32 Å². The van der Waals surface area contributed by atoms with Crippen molar-refractivity contribution in [2.24, 2.45) is 11.8 Å². The van der Waals surface area contributed by atoms with Gasteiger partial charge in [0.2, 0.25) is 0 Å². The molecule has 0 saturated heterocycles. The van der Waals surface area contributed by atoms with E-state index >= 15 is 0 Å². The van der Waals surface area contributed by atoms with E-state index in [4.69, 9.17) is 5.26 Å². The van der Waals surface area contributed by atoms with Gasteiger partial charge in [-0.2, -0.15) is 5.26 Å². The highest BCUT2D eigenvalue weighted by atomic mass is 79.9. The molecule has 82 valence electrons. The second-order valence-electron chi connectivity index (χ2n) is 3.81. The summed E-state index contributed by atoms with van der Waals surface area (Å²) in [5.74, 6) is 0.369. The Balaban J connectivity index is 2.93. The maximum Gasteiger partial charge on any atom is 0.0701 e. The van der Waals surface area contributed by atoms with Crippen molar-refractivity contribution in [3.63, 3.8) is 0 Å². The zero-order valence-electron chi connectivity index (χ0n) is 9.12. The van der Waals surface area contributed by atoms with E-state index in [2.05, 4.69) is 47.2 Å². The minimum atomic E-state index is 0.0144. The van der Waals surface area contributed by atoms with E-state index in [1.807, 2.05) is 13.1 Å². The molecule has 0 bridgehead atoms. The Morgan fingerprint density at radius 1 is 1.47 bits per heavy atom. The first kappa shape index (κ1) is 12.7. The SMILES string of the molecule is CNC(c1ccc(Br)s1)C(C#N)C(C)C. The van der Waals surface area contributed by atoms with Crippen LogP contribution in [-0.4, -0.2) is 7.05 Å². The Bertz CT molecular complexity index is 354. The first-order valence-electron chi connectivity index (χ1n) is 4.92. The highest BCUT2D eigenvalue weighted by molar-refractivity contribution is 9.11. The zero-order valence-corrected chi connectivity index (χ0v) is 11.5. The van der Waals surface area contributed by atoms with E-state index in [-0.39, 0.29) is 12.0 Å². The van der Waals surface area contributed by atoms with E-state index in [1.165, 1.54) is 4.88 Å². The molecule has 1 aromatic rings. The fourth-order valence-electron chi connectivity index (χ4n) is 1.60. The van der Waals surface area contributed by atoms with Crippen LogP contribution in [0.5, 0.6) is 0 Å². The number of thiophene rings is 1. The molecule has 1 aromatic heterocycles. The molecule has 0 saturated carbocycles. The molecule has 4 heteroatoms. The summed E-state index contributed by atoms with van der Waals surface area (Å²) in [6.07, 6.45) is 0. The third-order valence-electron chi connectivity index (χ3n) is 2.44. The highest BCUT2D eigenvalue weighted by Crippen LogP contribution is 2.33. The maximum atomic E-state index is 9.17. The number of nitrogens with zero attached hydrogens (tertiary/aromatic N) is 1. The molecule has 0 amide bonds. The smallest absolute Gasteiger partial charge is 0.0701 e. The molecular weight excluding hydrogens is 272 g/mol. The number of halogens is 1. The molecule has 0 spiro atoms. The minimum Gasteiger partial charge on any atom is -0.311 e. The van der Waals surface area contributed by atoms with E-state index in [1.54, 1.807) is 11.3 Å². The molecule has 0 aliphatic heterocycles. The molecule has 1 heterocycles. The first-order valence-corrected chi connectivity index (χ1v) is 6.53. The van der Waals surface area contributed by atoms with Gasteiger partial charge >= 0.3 is 0 Å².